The van der Waals surface area contributed by atoms with Crippen LogP contribution in [-0.2, 0) is 11.2 Å². The summed E-state index contributed by atoms with van der Waals surface area (Å²) < 4.78 is 0. The van der Waals surface area contributed by atoms with E-state index in [1.807, 2.05) is 18.2 Å². The van der Waals surface area contributed by atoms with Gasteiger partial charge in [-0.15, -0.1) is 0 Å². The molecule has 1 aromatic carbocycles. The Balaban J connectivity index is 1.41. The lowest BCUT2D eigenvalue weighted by molar-refractivity contribution is -0.127. The highest BCUT2D eigenvalue weighted by atomic mass is 16.3. The first-order valence-electron chi connectivity index (χ1n) is 10.1. The van der Waals surface area contributed by atoms with E-state index in [1.165, 1.54) is 5.56 Å². The number of nitrogens with zero attached hydrogens (tertiary/aromatic N) is 2. The molecule has 1 atom stereocenters. The highest BCUT2D eigenvalue weighted by Gasteiger charge is 2.31. The second kappa shape index (κ2) is 10.0. The largest absolute Gasteiger partial charge is 0.395 e. The number of aliphatic hydroxyl groups is 1. The van der Waals surface area contributed by atoms with Crippen LogP contribution in [0.4, 0.5) is 0 Å². The monoisotopic (exact) mass is 359 g/mol. The topological polar surface area (TPSA) is 55.8 Å². The molecular weight excluding hydrogens is 326 g/mol. The molecule has 144 valence electrons. The van der Waals surface area contributed by atoms with Gasteiger partial charge in [0.1, 0.15) is 0 Å². The van der Waals surface area contributed by atoms with Crippen molar-refractivity contribution in [2.24, 2.45) is 5.92 Å². The third-order valence-electron chi connectivity index (χ3n) is 5.87. The van der Waals surface area contributed by atoms with Crippen molar-refractivity contribution >= 4 is 5.91 Å². The maximum Gasteiger partial charge on any atom is 0.224 e. The molecule has 2 fully saturated rings. The van der Waals surface area contributed by atoms with Gasteiger partial charge in [0.05, 0.1) is 12.5 Å². The van der Waals surface area contributed by atoms with Crippen LogP contribution >= 0.6 is 0 Å². The van der Waals surface area contributed by atoms with Crippen molar-refractivity contribution in [3.05, 3.63) is 35.9 Å². The molecule has 5 nitrogen and oxygen atoms in total. The van der Waals surface area contributed by atoms with Gasteiger partial charge >= 0.3 is 0 Å². The van der Waals surface area contributed by atoms with Crippen molar-refractivity contribution < 1.29 is 9.90 Å². The predicted molar refractivity (Wildman–Crippen MR) is 104 cm³/mol. The lowest BCUT2D eigenvalue weighted by atomic mass is 9.93. The van der Waals surface area contributed by atoms with Gasteiger partial charge in [-0.05, 0) is 57.3 Å². The Morgan fingerprint density at radius 1 is 1.12 bits per heavy atom. The summed E-state index contributed by atoms with van der Waals surface area (Å²) in [5, 5.41) is 12.2. The molecule has 2 aliphatic rings. The van der Waals surface area contributed by atoms with Gasteiger partial charge in [-0.2, -0.15) is 0 Å². The molecule has 0 radical (unpaired) electrons. The number of nitrogens with one attached hydrogen (secondary N) is 1. The number of carbonyl (C=O) groups is 1. The Morgan fingerprint density at radius 3 is 2.62 bits per heavy atom. The third kappa shape index (κ3) is 5.53. The summed E-state index contributed by atoms with van der Waals surface area (Å²) in [5.41, 5.74) is 1.27. The van der Waals surface area contributed by atoms with E-state index in [4.69, 9.17) is 5.11 Å². The van der Waals surface area contributed by atoms with E-state index in [0.717, 1.165) is 71.4 Å². The maximum atomic E-state index is 12.6. The van der Waals surface area contributed by atoms with E-state index < -0.39 is 0 Å². The summed E-state index contributed by atoms with van der Waals surface area (Å²) >= 11 is 0. The van der Waals surface area contributed by atoms with Gasteiger partial charge in [0.2, 0.25) is 5.91 Å². The Hall–Kier alpha value is -1.43. The van der Waals surface area contributed by atoms with E-state index in [2.05, 4.69) is 27.2 Å². The molecule has 1 amide bonds. The molecule has 5 heteroatoms. The fourth-order valence-corrected chi connectivity index (χ4v) is 4.32. The Kier molecular flexibility index (Phi) is 7.47. The first-order valence-corrected chi connectivity index (χ1v) is 10.1. The zero-order valence-corrected chi connectivity index (χ0v) is 15.8. The van der Waals surface area contributed by atoms with Gasteiger partial charge in [-0.1, -0.05) is 30.3 Å². The van der Waals surface area contributed by atoms with Crippen LogP contribution in [-0.4, -0.2) is 72.7 Å². The Labute approximate surface area is 157 Å². The molecule has 2 aliphatic heterocycles. The summed E-state index contributed by atoms with van der Waals surface area (Å²) in [6.07, 6.45) is 5.33. The summed E-state index contributed by atoms with van der Waals surface area (Å²) in [4.78, 5) is 17.5. The molecule has 2 N–H and O–H groups in total. The van der Waals surface area contributed by atoms with Crippen LogP contribution < -0.4 is 5.32 Å². The van der Waals surface area contributed by atoms with Gasteiger partial charge in [0, 0.05) is 25.7 Å². The average Bonchev–Trinajstić information content (AvgIpc) is 2.70. The zero-order valence-electron chi connectivity index (χ0n) is 15.8. The smallest absolute Gasteiger partial charge is 0.224 e. The second-order valence-electron chi connectivity index (χ2n) is 7.66. The van der Waals surface area contributed by atoms with Crippen molar-refractivity contribution in [3.63, 3.8) is 0 Å². The van der Waals surface area contributed by atoms with Gasteiger partial charge in [0.25, 0.3) is 0 Å². The summed E-state index contributed by atoms with van der Waals surface area (Å²) in [5.74, 6) is 0.360. The maximum absolute atomic E-state index is 12.6. The molecule has 2 heterocycles. The molecule has 0 aliphatic carbocycles. The van der Waals surface area contributed by atoms with Crippen LogP contribution in [0.15, 0.2) is 30.3 Å². The zero-order chi connectivity index (χ0) is 18.2. The predicted octanol–water partition coefficient (Wildman–Crippen LogP) is 1.51. The number of rotatable bonds is 7. The molecule has 3 rings (SSSR count). The highest BCUT2D eigenvalue weighted by molar-refractivity contribution is 5.79. The minimum Gasteiger partial charge on any atom is -0.395 e. The normalized spacial score (nSPS) is 23.0. The molecule has 0 saturated carbocycles. The molecule has 0 bridgehead atoms. The van der Waals surface area contributed by atoms with Crippen LogP contribution in [0.2, 0.25) is 0 Å². The number of aliphatic hydroxyl groups excluding tert-OH is 1. The van der Waals surface area contributed by atoms with Crippen LogP contribution in [0, 0.1) is 5.92 Å². The number of hydrogen-bond acceptors (Lipinski definition) is 4. The minimum absolute atomic E-state index is 0.134. The van der Waals surface area contributed by atoms with E-state index in [-0.39, 0.29) is 18.4 Å². The van der Waals surface area contributed by atoms with E-state index in [1.54, 1.807) is 0 Å². The number of hydrogen-bond donors (Lipinski definition) is 2. The van der Waals surface area contributed by atoms with Crippen molar-refractivity contribution in [1.29, 1.82) is 0 Å². The fraction of sp³-hybridized carbons (Fsp3) is 0.667. The van der Waals surface area contributed by atoms with Gasteiger partial charge < -0.3 is 15.3 Å². The first-order chi connectivity index (χ1) is 12.8. The standard InChI is InChI=1S/C21H33N3O2/c25-16-15-23-13-9-20(10-14-23)24-12-4-7-19(17-24)21(26)22-11-8-18-5-2-1-3-6-18/h1-3,5-6,19-20,25H,4,7-17H2,(H,22,26)/t19-/m1/s1. The summed E-state index contributed by atoms with van der Waals surface area (Å²) in [6, 6.07) is 10.9. The molecule has 0 spiro atoms. The van der Waals surface area contributed by atoms with Crippen molar-refractivity contribution in [1.82, 2.24) is 15.1 Å². The van der Waals surface area contributed by atoms with Crippen LogP contribution in [0.25, 0.3) is 0 Å². The van der Waals surface area contributed by atoms with Gasteiger partial charge in [0.15, 0.2) is 0 Å². The number of amides is 1. The fourth-order valence-electron chi connectivity index (χ4n) is 4.32. The summed E-state index contributed by atoms with van der Waals surface area (Å²) in [7, 11) is 0. The Morgan fingerprint density at radius 2 is 1.88 bits per heavy atom. The van der Waals surface area contributed by atoms with E-state index in [9.17, 15) is 4.79 Å². The Bertz CT molecular complexity index is 543. The molecular formula is C21H33N3O2. The molecule has 2 saturated heterocycles. The quantitative estimate of drug-likeness (QED) is 0.775. The lowest BCUT2D eigenvalue weighted by Crippen LogP contribution is -2.51. The number of benzene rings is 1. The molecule has 0 unspecified atom stereocenters. The number of β-amino-alcohol motifs (C(OH)–C–C–N with tert-alkyl or cyclic N) is 1. The number of likely N-dealkylation sites (tertiary alicyclic amines) is 2. The molecule has 26 heavy (non-hydrogen) atoms. The van der Waals surface area contributed by atoms with Crippen LogP contribution in [0.1, 0.15) is 31.2 Å². The van der Waals surface area contributed by atoms with Gasteiger partial charge in [-0.3, -0.25) is 9.69 Å². The van der Waals surface area contributed by atoms with Crippen molar-refractivity contribution in [2.75, 3.05) is 45.9 Å². The first kappa shape index (κ1) is 19.3. The average molecular weight is 360 g/mol. The number of carbonyl (C=O) groups excluding carboxylic acids is 1. The van der Waals surface area contributed by atoms with Crippen molar-refractivity contribution in [3.8, 4) is 0 Å². The van der Waals surface area contributed by atoms with Crippen LogP contribution in [0.5, 0.6) is 0 Å². The van der Waals surface area contributed by atoms with E-state index >= 15 is 0 Å². The van der Waals surface area contributed by atoms with Crippen molar-refractivity contribution in [2.45, 2.75) is 38.1 Å². The third-order valence-corrected chi connectivity index (χ3v) is 5.87. The number of piperidine rings is 2. The molecule has 1 aromatic rings. The molecule has 0 aromatic heterocycles. The van der Waals surface area contributed by atoms with Crippen LogP contribution in [0.3, 0.4) is 0 Å². The van der Waals surface area contributed by atoms with E-state index in [0.29, 0.717) is 6.04 Å². The highest BCUT2D eigenvalue weighted by Crippen LogP contribution is 2.24. The summed E-state index contributed by atoms with van der Waals surface area (Å²) in [6.45, 7) is 5.92. The van der Waals surface area contributed by atoms with Gasteiger partial charge in [-0.25, -0.2) is 0 Å². The second-order valence-corrected chi connectivity index (χ2v) is 7.66. The minimum atomic E-state index is 0.134. The SMILES string of the molecule is O=C(NCCc1ccccc1)[C@@H]1CCCN(C2CCN(CCO)CC2)C1. The lowest BCUT2D eigenvalue weighted by Gasteiger charge is -2.42.